The maximum Gasteiger partial charge on any atom is 0.0992 e. The summed E-state index contributed by atoms with van der Waals surface area (Å²) in [5.41, 5.74) is 1.52. The zero-order valence-electron chi connectivity index (χ0n) is 10.8. The Bertz CT molecular complexity index is 466. The third-order valence-electron chi connectivity index (χ3n) is 3.29. The van der Waals surface area contributed by atoms with Gasteiger partial charge in [0.1, 0.15) is 0 Å². The standard InChI is InChI=1S/C14H18BrN3O/c15-13-7-11(8-16)3-4-14(13)17-9-12(19)10-18-5-1-2-6-18/h3-4,7,12,17,19H,1-2,5-6,9-10H2. The summed E-state index contributed by atoms with van der Waals surface area (Å²) in [6.07, 6.45) is 2.10. The van der Waals surface area contributed by atoms with Gasteiger partial charge in [-0.2, -0.15) is 5.26 Å². The summed E-state index contributed by atoms with van der Waals surface area (Å²) >= 11 is 3.42. The normalized spacial score (nSPS) is 17.1. The van der Waals surface area contributed by atoms with Gasteiger partial charge in [-0.25, -0.2) is 0 Å². The Morgan fingerprint density at radius 3 is 2.79 bits per heavy atom. The molecule has 0 saturated carbocycles. The van der Waals surface area contributed by atoms with Gasteiger partial charge in [0.05, 0.1) is 17.7 Å². The monoisotopic (exact) mass is 323 g/mol. The van der Waals surface area contributed by atoms with Gasteiger partial charge in [0.15, 0.2) is 0 Å². The zero-order valence-corrected chi connectivity index (χ0v) is 12.4. The molecule has 0 aliphatic carbocycles. The summed E-state index contributed by atoms with van der Waals surface area (Å²) < 4.78 is 0.847. The van der Waals surface area contributed by atoms with Gasteiger partial charge in [-0.05, 0) is 60.1 Å². The zero-order chi connectivity index (χ0) is 13.7. The van der Waals surface area contributed by atoms with Gasteiger partial charge in [-0.1, -0.05) is 0 Å². The van der Waals surface area contributed by atoms with Crippen molar-refractivity contribution in [3.8, 4) is 6.07 Å². The topological polar surface area (TPSA) is 59.3 Å². The Balaban J connectivity index is 1.82. The summed E-state index contributed by atoms with van der Waals surface area (Å²) in [7, 11) is 0. The van der Waals surface area contributed by atoms with E-state index in [0.29, 0.717) is 12.1 Å². The van der Waals surface area contributed by atoms with Crippen LogP contribution in [0.5, 0.6) is 0 Å². The van der Waals surface area contributed by atoms with Crippen LogP contribution in [0.25, 0.3) is 0 Å². The number of anilines is 1. The number of likely N-dealkylation sites (tertiary alicyclic amines) is 1. The van der Waals surface area contributed by atoms with E-state index < -0.39 is 0 Å². The maximum atomic E-state index is 9.99. The molecule has 2 N–H and O–H groups in total. The highest BCUT2D eigenvalue weighted by atomic mass is 79.9. The summed E-state index contributed by atoms with van der Waals surface area (Å²) in [5, 5.41) is 22.0. The average molecular weight is 324 g/mol. The Morgan fingerprint density at radius 2 is 2.16 bits per heavy atom. The second kappa shape index (κ2) is 6.90. The molecule has 0 spiro atoms. The minimum absolute atomic E-state index is 0.374. The van der Waals surface area contributed by atoms with E-state index in [2.05, 4.69) is 32.2 Å². The number of nitrogens with one attached hydrogen (secondary N) is 1. The lowest BCUT2D eigenvalue weighted by molar-refractivity contribution is 0.135. The van der Waals surface area contributed by atoms with Crippen LogP contribution in [0.3, 0.4) is 0 Å². The van der Waals surface area contributed by atoms with Crippen LogP contribution in [0.1, 0.15) is 18.4 Å². The van der Waals surface area contributed by atoms with Crippen molar-refractivity contribution in [2.24, 2.45) is 0 Å². The Morgan fingerprint density at radius 1 is 1.42 bits per heavy atom. The minimum atomic E-state index is -0.374. The first-order valence-corrected chi connectivity index (χ1v) is 7.32. The van der Waals surface area contributed by atoms with E-state index >= 15 is 0 Å². The van der Waals surface area contributed by atoms with E-state index in [1.807, 2.05) is 6.07 Å². The predicted molar refractivity (Wildman–Crippen MR) is 79.0 cm³/mol. The van der Waals surface area contributed by atoms with E-state index in [0.717, 1.165) is 29.8 Å². The highest BCUT2D eigenvalue weighted by molar-refractivity contribution is 9.10. The molecule has 1 unspecified atom stereocenters. The van der Waals surface area contributed by atoms with Crippen molar-refractivity contribution in [3.63, 3.8) is 0 Å². The molecule has 1 aliphatic rings. The van der Waals surface area contributed by atoms with E-state index in [-0.39, 0.29) is 6.10 Å². The van der Waals surface area contributed by atoms with E-state index in [4.69, 9.17) is 5.26 Å². The Kier molecular flexibility index (Phi) is 5.20. The second-order valence-electron chi connectivity index (χ2n) is 4.85. The third kappa shape index (κ3) is 4.20. The smallest absolute Gasteiger partial charge is 0.0992 e. The van der Waals surface area contributed by atoms with Crippen molar-refractivity contribution in [3.05, 3.63) is 28.2 Å². The fourth-order valence-corrected chi connectivity index (χ4v) is 2.80. The van der Waals surface area contributed by atoms with E-state index in [9.17, 15) is 5.11 Å². The number of halogens is 1. The largest absolute Gasteiger partial charge is 0.390 e. The highest BCUT2D eigenvalue weighted by Gasteiger charge is 2.15. The SMILES string of the molecule is N#Cc1ccc(NCC(O)CN2CCCC2)c(Br)c1. The van der Waals surface area contributed by atoms with Crippen molar-refractivity contribution < 1.29 is 5.11 Å². The number of aliphatic hydroxyl groups is 1. The van der Waals surface area contributed by atoms with Crippen molar-refractivity contribution >= 4 is 21.6 Å². The number of nitriles is 1. The van der Waals surface area contributed by atoms with Crippen LogP contribution in [0.15, 0.2) is 22.7 Å². The van der Waals surface area contributed by atoms with Gasteiger partial charge in [0.2, 0.25) is 0 Å². The lowest BCUT2D eigenvalue weighted by Gasteiger charge is -2.20. The van der Waals surface area contributed by atoms with Crippen molar-refractivity contribution in [2.45, 2.75) is 18.9 Å². The molecule has 1 fully saturated rings. The van der Waals surface area contributed by atoms with Gasteiger partial charge in [-0.3, -0.25) is 0 Å². The Labute approximate surface area is 122 Å². The van der Waals surface area contributed by atoms with Gasteiger partial charge in [0.25, 0.3) is 0 Å². The molecule has 2 rings (SSSR count). The molecule has 0 amide bonds. The van der Waals surface area contributed by atoms with Crippen LogP contribution in [0.2, 0.25) is 0 Å². The molecule has 0 bridgehead atoms. The molecule has 1 atom stereocenters. The van der Waals surface area contributed by atoms with Gasteiger partial charge in [-0.15, -0.1) is 0 Å². The average Bonchev–Trinajstić information content (AvgIpc) is 2.90. The molecule has 1 aromatic carbocycles. The molecule has 19 heavy (non-hydrogen) atoms. The van der Waals surface area contributed by atoms with Crippen molar-refractivity contribution in [1.29, 1.82) is 5.26 Å². The fourth-order valence-electron chi connectivity index (χ4n) is 2.28. The molecule has 1 heterocycles. The summed E-state index contributed by atoms with van der Waals surface area (Å²) in [5.74, 6) is 0. The molecule has 1 saturated heterocycles. The van der Waals surface area contributed by atoms with Gasteiger partial charge < -0.3 is 15.3 Å². The number of hydrogen-bond donors (Lipinski definition) is 2. The van der Waals surface area contributed by atoms with Crippen LogP contribution in [0.4, 0.5) is 5.69 Å². The van der Waals surface area contributed by atoms with Crippen LogP contribution in [-0.2, 0) is 0 Å². The van der Waals surface area contributed by atoms with Crippen molar-refractivity contribution in [2.75, 3.05) is 31.5 Å². The summed E-state index contributed by atoms with van der Waals surface area (Å²) in [6, 6.07) is 7.48. The molecule has 1 aliphatic heterocycles. The third-order valence-corrected chi connectivity index (χ3v) is 3.95. The van der Waals surface area contributed by atoms with E-state index in [1.165, 1.54) is 12.8 Å². The molecule has 102 valence electrons. The highest BCUT2D eigenvalue weighted by Crippen LogP contribution is 2.23. The fraction of sp³-hybridized carbons (Fsp3) is 0.500. The number of hydrogen-bond acceptors (Lipinski definition) is 4. The number of β-amino-alcohol motifs (C(OH)–C–C–N with tert-alkyl or cyclic N) is 1. The first kappa shape index (κ1) is 14.3. The van der Waals surface area contributed by atoms with Crippen LogP contribution >= 0.6 is 15.9 Å². The number of nitrogens with zero attached hydrogens (tertiary/aromatic N) is 2. The quantitative estimate of drug-likeness (QED) is 0.872. The molecular formula is C14H18BrN3O. The van der Waals surface area contributed by atoms with Crippen molar-refractivity contribution in [1.82, 2.24) is 4.90 Å². The molecule has 1 aromatic rings. The predicted octanol–water partition coefficient (Wildman–Crippen LogP) is 2.19. The Hall–Kier alpha value is -1.09. The summed E-state index contributed by atoms with van der Waals surface area (Å²) in [6.45, 7) is 3.43. The van der Waals surface area contributed by atoms with Gasteiger partial charge in [0, 0.05) is 23.2 Å². The second-order valence-corrected chi connectivity index (χ2v) is 5.70. The molecule has 5 heteroatoms. The molecule has 4 nitrogen and oxygen atoms in total. The molecular weight excluding hydrogens is 306 g/mol. The van der Waals surface area contributed by atoms with Crippen LogP contribution in [-0.4, -0.2) is 42.3 Å². The summed E-state index contributed by atoms with van der Waals surface area (Å²) in [4.78, 5) is 2.29. The first-order chi connectivity index (χ1) is 9.19. The molecule has 0 aromatic heterocycles. The van der Waals surface area contributed by atoms with E-state index in [1.54, 1.807) is 12.1 Å². The lowest BCUT2D eigenvalue weighted by Crippen LogP contribution is -2.34. The van der Waals surface area contributed by atoms with Crippen LogP contribution in [0, 0.1) is 11.3 Å². The molecule has 0 radical (unpaired) electrons. The van der Waals surface area contributed by atoms with Crippen LogP contribution < -0.4 is 5.32 Å². The van der Waals surface area contributed by atoms with Gasteiger partial charge >= 0.3 is 0 Å². The number of benzene rings is 1. The lowest BCUT2D eigenvalue weighted by atomic mass is 10.2. The maximum absolute atomic E-state index is 9.99. The first-order valence-electron chi connectivity index (χ1n) is 6.53. The minimum Gasteiger partial charge on any atom is -0.390 e. The number of aliphatic hydroxyl groups excluding tert-OH is 1. The number of rotatable bonds is 5.